The highest BCUT2D eigenvalue weighted by molar-refractivity contribution is 5.74. The molecule has 0 aliphatic heterocycles. The van der Waals surface area contributed by atoms with Crippen molar-refractivity contribution in [1.29, 1.82) is 21.0 Å². The van der Waals surface area contributed by atoms with Gasteiger partial charge in [0.05, 0.1) is 35.7 Å². The van der Waals surface area contributed by atoms with Gasteiger partial charge in [0.2, 0.25) is 5.41 Å². The quantitative estimate of drug-likeness (QED) is 0.690. The van der Waals surface area contributed by atoms with E-state index in [-0.39, 0.29) is 17.2 Å². The minimum atomic E-state index is -2.05. The molecule has 0 unspecified atom stereocenters. The van der Waals surface area contributed by atoms with E-state index < -0.39 is 10.8 Å². The van der Waals surface area contributed by atoms with E-state index in [0.29, 0.717) is 5.56 Å². The number of nitrogen functional groups attached to an aromatic ring is 2. The number of anilines is 2. The van der Waals surface area contributed by atoms with Crippen LogP contribution in [-0.4, -0.2) is 4.98 Å². The lowest BCUT2D eigenvalue weighted by atomic mass is 9.61. The van der Waals surface area contributed by atoms with Crippen LogP contribution < -0.4 is 11.5 Å². The fourth-order valence-electron chi connectivity index (χ4n) is 2.09. The zero-order valence-electron chi connectivity index (χ0n) is 10.1. The van der Waals surface area contributed by atoms with Gasteiger partial charge in [-0.15, -0.1) is 0 Å². The van der Waals surface area contributed by atoms with Crippen LogP contribution in [0.1, 0.15) is 11.3 Å². The third kappa shape index (κ3) is 1.27. The second-order valence-corrected chi connectivity index (χ2v) is 4.24. The zero-order chi connectivity index (χ0) is 15.0. The fraction of sp³-hybridized carbons (Fsp3) is 0.154. The maximum atomic E-state index is 9.43. The molecule has 0 aromatic carbocycles. The minimum absolute atomic E-state index is 0.0280. The van der Waals surface area contributed by atoms with Crippen LogP contribution in [0.5, 0.6) is 0 Å². The van der Waals surface area contributed by atoms with Gasteiger partial charge in [-0.25, -0.2) is 4.98 Å². The Morgan fingerprint density at radius 2 is 1.60 bits per heavy atom. The molecule has 7 heteroatoms. The van der Waals surface area contributed by atoms with Crippen molar-refractivity contribution in [3.63, 3.8) is 0 Å². The van der Waals surface area contributed by atoms with E-state index in [0.717, 1.165) is 0 Å². The summed E-state index contributed by atoms with van der Waals surface area (Å²) in [6.07, 6.45) is 2.66. The molecule has 1 aliphatic carbocycles. The predicted octanol–water partition coefficient (Wildman–Crippen LogP) is 0.591. The molecule has 0 fully saturated rings. The number of nitrogens with zero attached hydrogens (tertiary/aromatic N) is 5. The number of pyridine rings is 1. The van der Waals surface area contributed by atoms with Gasteiger partial charge in [-0.2, -0.15) is 21.0 Å². The van der Waals surface area contributed by atoms with Crippen molar-refractivity contribution in [2.75, 3.05) is 11.5 Å². The van der Waals surface area contributed by atoms with Gasteiger partial charge in [0.15, 0.2) is 5.41 Å². The number of hydrogen-bond donors (Lipinski definition) is 2. The Kier molecular flexibility index (Phi) is 2.57. The normalized spacial score (nSPS) is 16.8. The highest BCUT2D eigenvalue weighted by atomic mass is 14.9. The van der Waals surface area contributed by atoms with Crippen LogP contribution in [0.3, 0.4) is 0 Å². The Balaban J connectivity index is 2.95. The van der Waals surface area contributed by atoms with Gasteiger partial charge in [-0.3, -0.25) is 0 Å². The molecule has 1 aliphatic rings. The Morgan fingerprint density at radius 3 is 2.10 bits per heavy atom. The lowest BCUT2D eigenvalue weighted by Gasteiger charge is -2.32. The standard InChI is InChI=1S/C13H7N7/c14-4-12(5-15)2-1-8-3-9(18)11(19)20-10(8)13(12,6-16)7-17/h1-3H,18H2,(H2,19,20). The average Bonchev–Trinajstić information content (AvgIpc) is 2.47. The SMILES string of the molecule is N#CC1(C#N)C=Cc2cc(N)c(N)nc2C1(C#N)C#N. The lowest BCUT2D eigenvalue weighted by Crippen LogP contribution is -2.44. The first kappa shape index (κ1) is 12.9. The molecule has 1 heterocycles. The van der Waals surface area contributed by atoms with Crippen molar-refractivity contribution in [3.8, 4) is 24.3 Å². The van der Waals surface area contributed by atoms with E-state index in [2.05, 4.69) is 4.98 Å². The molecule has 0 bridgehead atoms. The van der Waals surface area contributed by atoms with Crippen LogP contribution in [0.25, 0.3) is 6.08 Å². The molecule has 0 atom stereocenters. The highest BCUT2D eigenvalue weighted by Gasteiger charge is 2.58. The van der Waals surface area contributed by atoms with Crippen LogP contribution in [0.15, 0.2) is 12.1 Å². The Hall–Kier alpha value is -3.55. The average molecular weight is 261 g/mol. The summed E-state index contributed by atoms with van der Waals surface area (Å²) in [4.78, 5) is 3.95. The second kappa shape index (κ2) is 3.99. The smallest absolute Gasteiger partial charge is 0.221 e. The van der Waals surface area contributed by atoms with E-state index in [1.54, 1.807) is 24.3 Å². The Morgan fingerprint density at radius 1 is 1.00 bits per heavy atom. The van der Waals surface area contributed by atoms with E-state index >= 15 is 0 Å². The first-order valence-corrected chi connectivity index (χ1v) is 5.41. The van der Waals surface area contributed by atoms with Crippen molar-refractivity contribution in [3.05, 3.63) is 23.4 Å². The molecule has 0 amide bonds. The van der Waals surface area contributed by atoms with Crippen molar-refractivity contribution in [2.45, 2.75) is 5.41 Å². The second-order valence-electron chi connectivity index (χ2n) is 4.24. The van der Waals surface area contributed by atoms with Crippen LogP contribution in [0, 0.1) is 50.7 Å². The summed E-state index contributed by atoms with van der Waals surface area (Å²) in [6, 6.07) is 8.41. The monoisotopic (exact) mass is 261 g/mol. The topological polar surface area (TPSA) is 160 Å². The van der Waals surface area contributed by atoms with Crippen LogP contribution in [-0.2, 0) is 5.41 Å². The summed E-state index contributed by atoms with van der Waals surface area (Å²) < 4.78 is 0. The number of nitrogens with two attached hydrogens (primary N) is 2. The molecule has 0 radical (unpaired) electrons. The molecule has 0 saturated heterocycles. The zero-order valence-corrected chi connectivity index (χ0v) is 10.1. The van der Waals surface area contributed by atoms with Crippen molar-refractivity contribution >= 4 is 17.6 Å². The molecule has 7 nitrogen and oxygen atoms in total. The van der Waals surface area contributed by atoms with Gasteiger partial charge in [-0.05, 0) is 12.1 Å². The third-order valence-corrected chi connectivity index (χ3v) is 3.26. The molecule has 4 N–H and O–H groups in total. The molecule has 94 valence electrons. The maximum Gasteiger partial charge on any atom is 0.221 e. The summed E-state index contributed by atoms with van der Waals surface area (Å²) in [7, 11) is 0. The van der Waals surface area contributed by atoms with Gasteiger partial charge >= 0.3 is 0 Å². The summed E-state index contributed by atoms with van der Waals surface area (Å²) >= 11 is 0. The van der Waals surface area contributed by atoms with Crippen molar-refractivity contribution in [2.24, 2.45) is 5.41 Å². The fourth-order valence-corrected chi connectivity index (χ4v) is 2.09. The Bertz CT molecular complexity index is 764. The van der Waals surface area contributed by atoms with Crippen LogP contribution >= 0.6 is 0 Å². The molecular weight excluding hydrogens is 254 g/mol. The largest absolute Gasteiger partial charge is 0.396 e. The van der Waals surface area contributed by atoms with E-state index in [9.17, 15) is 21.0 Å². The van der Waals surface area contributed by atoms with E-state index in [1.807, 2.05) is 0 Å². The third-order valence-electron chi connectivity index (χ3n) is 3.26. The van der Waals surface area contributed by atoms with Crippen LogP contribution in [0.2, 0.25) is 0 Å². The van der Waals surface area contributed by atoms with Crippen molar-refractivity contribution < 1.29 is 0 Å². The van der Waals surface area contributed by atoms with Gasteiger partial charge in [0.1, 0.15) is 5.82 Å². The first-order chi connectivity index (χ1) is 9.50. The first-order valence-electron chi connectivity index (χ1n) is 5.41. The molecule has 2 rings (SSSR count). The molecule has 20 heavy (non-hydrogen) atoms. The number of allylic oxidation sites excluding steroid dienone is 1. The molecule has 1 aromatic rings. The molecule has 0 saturated carbocycles. The van der Waals surface area contributed by atoms with E-state index in [1.165, 1.54) is 18.2 Å². The summed E-state index contributed by atoms with van der Waals surface area (Å²) in [6.45, 7) is 0. The number of aromatic nitrogens is 1. The van der Waals surface area contributed by atoms with Crippen molar-refractivity contribution in [1.82, 2.24) is 4.98 Å². The molecule has 0 spiro atoms. The van der Waals surface area contributed by atoms with Crippen LogP contribution in [0.4, 0.5) is 11.5 Å². The minimum Gasteiger partial charge on any atom is -0.396 e. The summed E-state index contributed by atoms with van der Waals surface area (Å²) in [5.74, 6) is -0.0568. The van der Waals surface area contributed by atoms with Gasteiger partial charge in [0, 0.05) is 5.56 Å². The predicted molar refractivity (Wildman–Crippen MR) is 68.7 cm³/mol. The van der Waals surface area contributed by atoms with Gasteiger partial charge in [-0.1, -0.05) is 6.08 Å². The van der Waals surface area contributed by atoms with Gasteiger partial charge < -0.3 is 11.5 Å². The summed E-state index contributed by atoms with van der Waals surface area (Å²) in [5, 5.41) is 37.4. The maximum absolute atomic E-state index is 9.43. The summed E-state index contributed by atoms with van der Waals surface area (Å²) in [5.41, 5.74) is 7.79. The number of rotatable bonds is 0. The molecule has 1 aromatic heterocycles. The molecular formula is C13H7N7. The number of nitriles is 4. The number of fused-ring (bicyclic) bond motifs is 1. The lowest BCUT2D eigenvalue weighted by molar-refractivity contribution is 0.474. The Labute approximate surface area is 114 Å². The number of hydrogen-bond acceptors (Lipinski definition) is 7. The van der Waals surface area contributed by atoms with Gasteiger partial charge in [0.25, 0.3) is 0 Å². The van der Waals surface area contributed by atoms with E-state index in [4.69, 9.17) is 11.5 Å². The highest BCUT2D eigenvalue weighted by Crippen LogP contribution is 2.47.